The standard InChI is InChI=1S/C41H40N4O7S2/c1-42(2)29-12-16-34-36(19-29)54-37-20-30(43(3)4)13-17-35(37)44(34)41(49)51-22-27-10-14-32(15-11-27)50-23-28-24-53-40-33(38(48)45(40)39(28)52-25-46)21-31(47)18-26-8-6-5-7-9-26/h5-17,19-20,25,33,40H,18,21-24H2,1-4H3/t33-,40-/m0/s1. The molecule has 0 aromatic heterocycles. The minimum Gasteiger partial charge on any atom is -0.489 e. The fraction of sp³-hybridized carbons (Fsp3) is 0.268. The second-order valence-electron chi connectivity index (χ2n) is 13.6. The number of β-lactam (4-membered cyclic amide) rings is 1. The number of carbonyl (C=O) groups excluding carboxylic acids is 4. The summed E-state index contributed by atoms with van der Waals surface area (Å²) in [6.07, 6.45) is -0.0807. The van der Waals surface area contributed by atoms with E-state index in [9.17, 15) is 19.2 Å². The van der Waals surface area contributed by atoms with E-state index in [0.29, 0.717) is 23.5 Å². The Labute approximate surface area is 322 Å². The highest BCUT2D eigenvalue weighted by Gasteiger charge is 2.53. The number of ether oxygens (including phenoxy) is 3. The molecule has 278 valence electrons. The minimum absolute atomic E-state index is 0.00680. The predicted molar refractivity (Wildman–Crippen MR) is 210 cm³/mol. The maximum Gasteiger partial charge on any atom is 0.419 e. The summed E-state index contributed by atoms with van der Waals surface area (Å²) in [6.45, 7) is 0.447. The molecule has 3 aliphatic heterocycles. The summed E-state index contributed by atoms with van der Waals surface area (Å²) < 4.78 is 17.2. The molecule has 1 fully saturated rings. The molecule has 4 aromatic carbocycles. The van der Waals surface area contributed by atoms with Crippen molar-refractivity contribution in [1.29, 1.82) is 0 Å². The van der Waals surface area contributed by atoms with Crippen LogP contribution in [0, 0.1) is 5.92 Å². The largest absolute Gasteiger partial charge is 0.489 e. The third kappa shape index (κ3) is 7.64. The zero-order chi connectivity index (χ0) is 37.9. The van der Waals surface area contributed by atoms with E-state index in [4.69, 9.17) is 14.2 Å². The molecule has 0 aliphatic carbocycles. The Morgan fingerprint density at radius 1 is 0.833 bits per heavy atom. The van der Waals surface area contributed by atoms with Crippen molar-refractivity contribution in [3.05, 3.63) is 114 Å². The number of anilines is 4. The quantitative estimate of drug-likeness (QED) is 0.101. The molecule has 54 heavy (non-hydrogen) atoms. The molecule has 0 saturated carbocycles. The number of Topliss-reactive ketones (excluding diaryl/α,β-unsaturated/α-hetero) is 1. The van der Waals surface area contributed by atoms with Gasteiger partial charge in [0, 0.05) is 73.5 Å². The number of hydrogen-bond acceptors (Lipinski definition) is 11. The Morgan fingerprint density at radius 3 is 2.09 bits per heavy atom. The predicted octanol–water partition coefficient (Wildman–Crippen LogP) is 7.25. The molecular formula is C41H40N4O7S2. The van der Waals surface area contributed by atoms with Gasteiger partial charge in [0.15, 0.2) is 0 Å². The molecule has 0 spiro atoms. The van der Waals surface area contributed by atoms with E-state index < -0.39 is 12.0 Å². The number of hydrogen-bond donors (Lipinski definition) is 0. The molecule has 1 saturated heterocycles. The summed E-state index contributed by atoms with van der Waals surface area (Å²) in [5.41, 5.74) is 5.92. The van der Waals surface area contributed by atoms with Crippen molar-refractivity contribution < 1.29 is 33.4 Å². The SMILES string of the molecule is CN(C)c1ccc2c(c1)Sc1cc(N(C)C)ccc1N2C(=O)OCc1ccc(OCC2=C(OC=O)N3C(=O)[C@H](CC(=O)Cc4ccccc4)[C@@H]3SC2)cc1. The van der Waals surface area contributed by atoms with Crippen molar-refractivity contribution in [2.75, 3.05) is 55.3 Å². The lowest BCUT2D eigenvalue weighted by Crippen LogP contribution is -2.61. The molecule has 11 nitrogen and oxygen atoms in total. The first-order valence-corrected chi connectivity index (χ1v) is 19.3. The van der Waals surface area contributed by atoms with Crippen LogP contribution in [0.3, 0.4) is 0 Å². The lowest BCUT2D eigenvalue weighted by atomic mass is 9.90. The van der Waals surface area contributed by atoms with Crippen LogP contribution in [0.1, 0.15) is 17.5 Å². The summed E-state index contributed by atoms with van der Waals surface area (Å²) in [5.74, 6) is 0.485. The highest BCUT2D eigenvalue weighted by Crippen LogP contribution is 2.50. The van der Waals surface area contributed by atoms with Crippen LogP contribution >= 0.6 is 23.5 Å². The summed E-state index contributed by atoms with van der Waals surface area (Å²) in [7, 11) is 7.94. The molecule has 2 amide bonds. The summed E-state index contributed by atoms with van der Waals surface area (Å²) in [5, 5.41) is -0.283. The van der Waals surface area contributed by atoms with Crippen LogP contribution in [-0.4, -0.2) is 75.1 Å². The maximum atomic E-state index is 13.7. The number of fused-ring (bicyclic) bond motifs is 3. The number of ketones is 1. The first-order chi connectivity index (χ1) is 26.1. The second-order valence-corrected chi connectivity index (χ2v) is 15.8. The number of amides is 2. The molecule has 13 heteroatoms. The van der Waals surface area contributed by atoms with Crippen molar-refractivity contribution >= 4 is 70.5 Å². The second kappa shape index (κ2) is 15.9. The van der Waals surface area contributed by atoms with Gasteiger partial charge in [-0.1, -0.05) is 54.2 Å². The molecule has 3 aliphatic rings. The number of thioether (sulfide) groups is 1. The molecule has 7 rings (SSSR count). The highest BCUT2D eigenvalue weighted by atomic mass is 32.2. The third-order valence-corrected chi connectivity index (χ3v) is 11.9. The number of benzene rings is 4. The zero-order valence-electron chi connectivity index (χ0n) is 30.4. The first kappa shape index (κ1) is 36.9. The highest BCUT2D eigenvalue weighted by molar-refractivity contribution is 8.00. The number of nitrogens with zero attached hydrogens (tertiary/aromatic N) is 4. The van der Waals surface area contributed by atoms with Crippen LogP contribution in [-0.2, 0) is 36.9 Å². The maximum absolute atomic E-state index is 13.7. The van der Waals surface area contributed by atoms with Gasteiger partial charge >= 0.3 is 6.09 Å². The van der Waals surface area contributed by atoms with Crippen molar-refractivity contribution in [2.24, 2.45) is 5.92 Å². The van der Waals surface area contributed by atoms with Crippen LogP contribution in [0.5, 0.6) is 5.75 Å². The summed E-state index contributed by atoms with van der Waals surface area (Å²) in [4.78, 5) is 60.2. The fourth-order valence-corrected chi connectivity index (χ4v) is 9.06. The molecule has 0 unspecified atom stereocenters. The van der Waals surface area contributed by atoms with E-state index in [-0.39, 0.29) is 49.0 Å². The van der Waals surface area contributed by atoms with E-state index in [1.807, 2.05) is 105 Å². The van der Waals surface area contributed by atoms with Gasteiger partial charge < -0.3 is 24.0 Å². The summed E-state index contributed by atoms with van der Waals surface area (Å²) in [6, 6.07) is 28.7. The molecule has 4 aromatic rings. The average molecular weight is 765 g/mol. The van der Waals surface area contributed by atoms with E-state index in [1.165, 1.54) is 16.7 Å². The molecular weight excluding hydrogens is 725 g/mol. The Kier molecular flexibility index (Phi) is 10.9. The minimum atomic E-state index is -0.487. The lowest BCUT2D eigenvalue weighted by Gasteiger charge is -2.49. The van der Waals surface area contributed by atoms with Gasteiger partial charge in [-0.2, -0.15) is 0 Å². The van der Waals surface area contributed by atoms with Crippen LogP contribution in [0.15, 0.2) is 112 Å². The molecule has 2 atom stereocenters. The van der Waals surface area contributed by atoms with Gasteiger partial charge in [0.2, 0.25) is 11.8 Å². The van der Waals surface area contributed by atoms with Gasteiger partial charge in [-0.25, -0.2) is 9.69 Å². The topological polar surface area (TPSA) is 109 Å². The van der Waals surface area contributed by atoms with Gasteiger partial charge in [0.25, 0.3) is 6.47 Å². The van der Waals surface area contributed by atoms with Gasteiger partial charge in [-0.15, -0.1) is 11.8 Å². The lowest BCUT2D eigenvalue weighted by molar-refractivity contribution is -0.155. The van der Waals surface area contributed by atoms with E-state index in [1.54, 1.807) is 28.8 Å². The van der Waals surface area contributed by atoms with Gasteiger partial charge in [0.05, 0.1) is 22.7 Å². The van der Waals surface area contributed by atoms with Crippen LogP contribution in [0.2, 0.25) is 0 Å². The molecule has 0 bridgehead atoms. The van der Waals surface area contributed by atoms with Crippen LogP contribution < -0.4 is 19.4 Å². The van der Waals surface area contributed by atoms with E-state index in [2.05, 4.69) is 12.1 Å². The molecule has 0 N–H and O–H groups in total. The monoisotopic (exact) mass is 764 g/mol. The zero-order valence-corrected chi connectivity index (χ0v) is 32.0. The van der Waals surface area contributed by atoms with Crippen molar-refractivity contribution in [2.45, 2.75) is 34.6 Å². The number of carbonyl (C=O) groups is 4. The molecule has 0 radical (unpaired) electrons. The van der Waals surface area contributed by atoms with Gasteiger partial charge in [-0.3, -0.25) is 19.3 Å². The third-order valence-electron chi connectivity index (χ3n) is 9.46. The Bertz CT molecular complexity index is 2050. The Hall–Kier alpha value is -5.40. The molecule has 3 heterocycles. The van der Waals surface area contributed by atoms with Crippen molar-refractivity contribution in [1.82, 2.24) is 4.90 Å². The van der Waals surface area contributed by atoms with Crippen molar-refractivity contribution in [3.63, 3.8) is 0 Å². The van der Waals surface area contributed by atoms with Crippen LogP contribution in [0.4, 0.5) is 27.5 Å². The fourth-order valence-electron chi connectivity index (χ4n) is 6.57. The smallest absolute Gasteiger partial charge is 0.419 e. The average Bonchev–Trinajstić information content (AvgIpc) is 3.17. The van der Waals surface area contributed by atoms with Crippen molar-refractivity contribution in [3.8, 4) is 5.75 Å². The van der Waals surface area contributed by atoms with Gasteiger partial charge in [0.1, 0.15) is 24.7 Å². The number of rotatable bonds is 13. The normalized spacial score (nSPS) is 17.1. The van der Waals surface area contributed by atoms with E-state index >= 15 is 0 Å². The first-order valence-electron chi connectivity index (χ1n) is 17.4. The van der Waals surface area contributed by atoms with E-state index in [0.717, 1.165) is 43.7 Å². The summed E-state index contributed by atoms with van der Waals surface area (Å²) >= 11 is 3.15. The van der Waals surface area contributed by atoms with Crippen LogP contribution in [0.25, 0.3) is 0 Å². The van der Waals surface area contributed by atoms with Gasteiger partial charge in [-0.05, 0) is 59.7 Å². The Balaban J connectivity index is 0.977. The Morgan fingerprint density at radius 2 is 1.48 bits per heavy atom.